The SMILES string of the molecule is ClN1c2ccccc2Nc2cc3ccccc3cc21. The predicted molar refractivity (Wildman–Crippen MR) is 81.7 cm³/mol. The maximum absolute atomic E-state index is 6.47. The molecule has 0 aromatic heterocycles. The second-order valence-electron chi connectivity index (χ2n) is 4.64. The minimum absolute atomic E-state index is 0.979. The lowest BCUT2D eigenvalue weighted by Gasteiger charge is -2.28. The number of halogens is 1. The van der Waals surface area contributed by atoms with Crippen molar-refractivity contribution in [2.45, 2.75) is 0 Å². The zero-order chi connectivity index (χ0) is 12.8. The average molecular weight is 267 g/mol. The van der Waals surface area contributed by atoms with Crippen molar-refractivity contribution in [1.82, 2.24) is 0 Å². The maximum atomic E-state index is 6.47. The fourth-order valence-electron chi connectivity index (χ4n) is 2.52. The van der Waals surface area contributed by atoms with Gasteiger partial charge in [-0.1, -0.05) is 36.4 Å². The molecular weight excluding hydrogens is 256 g/mol. The molecule has 1 aliphatic rings. The fraction of sp³-hybridized carbons (Fsp3) is 0. The molecular formula is C16H11ClN2. The Hall–Kier alpha value is -2.19. The second-order valence-corrected chi connectivity index (χ2v) is 4.98. The van der Waals surface area contributed by atoms with Gasteiger partial charge in [-0.15, -0.1) is 0 Å². The van der Waals surface area contributed by atoms with Crippen molar-refractivity contribution in [3.8, 4) is 0 Å². The van der Waals surface area contributed by atoms with Gasteiger partial charge in [-0.2, -0.15) is 0 Å². The van der Waals surface area contributed by atoms with E-state index in [0.717, 1.165) is 22.7 Å². The van der Waals surface area contributed by atoms with Crippen LogP contribution in [-0.4, -0.2) is 0 Å². The van der Waals surface area contributed by atoms with Crippen LogP contribution in [0, 0.1) is 0 Å². The van der Waals surface area contributed by atoms with Crippen molar-refractivity contribution < 1.29 is 0 Å². The summed E-state index contributed by atoms with van der Waals surface area (Å²) in [6.45, 7) is 0. The van der Waals surface area contributed by atoms with Gasteiger partial charge in [0.25, 0.3) is 0 Å². The van der Waals surface area contributed by atoms with Crippen molar-refractivity contribution in [2.24, 2.45) is 0 Å². The van der Waals surface area contributed by atoms with Crippen LogP contribution in [0.15, 0.2) is 60.7 Å². The monoisotopic (exact) mass is 266 g/mol. The molecule has 1 aliphatic heterocycles. The van der Waals surface area contributed by atoms with Gasteiger partial charge in [-0.25, -0.2) is 4.42 Å². The van der Waals surface area contributed by atoms with E-state index in [9.17, 15) is 0 Å². The lowest BCUT2D eigenvalue weighted by Crippen LogP contribution is -2.12. The molecule has 1 heterocycles. The van der Waals surface area contributed by atoms with E-state index in [1.807, 2.05) is 36.4 Å². The van der Waals surface area contributed by atoms with Crippen LogP contribution in [0.1, 0.15) is 0 Å². The number of fused-ring (bicyclic) bond motifs is 3. The van der Waals surface area contributed by atoms with Crippen LogP contribution in [0.4, 0.5) is 22.7 Å². The largest absolute Gasteiger partial charge is 0.352 e. The van der Waals surface area contributed by atoms with Crippen LogP contribution in [0.25, 0.3) is 10.8 Å². The van der Waals surface area contributed by atoms with E-state index in [-0.39, 0.29) is 0 Å². The Bertz CT molecular complexity index is 783. The highest BCUT2D eigenvalue weighted by Gasteiger charge is 2.21. The lowest BCUT2D eigenvalue weighted by molar-refractivity contribution is 1.36. The first kappa shape index (κ1) is 10.7. The zero-order valence-corrected chi connectivity index (χ0v) is 10.9. The highest BCUT2D eigenvalue weighted by molar-refractivity contribution is 6.32. The van der Waals surface area contributed by atoms with E-state index in [4.69, 9.17) is 11.8 Å². The summed E-state index contributed by atoms with van der Waals surface area (Å²) < 4.78 is 1.72. The number of benzene rings is 3. The molecule has 0 saturated carbocycles. The molecule has 92 valence electrons. The first-order valence-corrected chi connectivity index (χ1v) is 6.51. The summed E-state index contributed by atoms with van der Waals surface area (Å²) in [6.07, 6.45) is 0. The summed E-state index contributed by atoms with van der Waals surface area (Å²) >= 11 is 6.47. The van der Waals surface area contributed by atoms with E-state index in [1.54, 1.807) is 4.42 Å². The topological polar surface area (TPSA) is 15.3 Å². The van der Waals surface area contributed by atoms with Gasteiger partial charge in [-0.05, 0) is 35.0 Å². The maximum Gasteiger partial charge on any atom is 0.0823 e. The Morgan fingerprint density at radius 1 is 0.737 bits per heavy atom. The molecule has 0 fully saturated rings. The second kappa shape index (κ2) is 3.90. The van der Waals surface area contributed by atoms with E-state index < -0.39 is 0 Å². The molecule has 2 nitrogen and oxygen atoms in total. The molecule has 0 amide bonds. The highest BCUT2D eigenvalue weighted by Crippen LogP contribution is 2.45. The van der Waals surface area contributed by atoms with Crippen LogP contribution < -0.4 is 9.74 Å². The van der Waals surface area contributed by atoms with Gasteiger partial charge in [0.1, 0.15) is 0 Å². The minimum Gasteiger partial charge on any atom is -0.352 e. The summed E-state index contributed by atoms with van der Waals surface area (Å²) in [5.74, 6) is 0. The number of rotatable bonds is 0. The molecule has 0 saturated heterocycles. The lowest BCUT2D eigenvalue weighted by atomic mass is 10.1. The standard InChI is InChI=1S/C16H11ClN2/c17-19-15-8-4-3-7-13(15)18-14-9-11-5-1-2-6-12(11)10-16(14)19/h1-10,18H. The van der Waals surface area contributed by atoms with Crippen LogP contribution in [0.2, 0.25) is 0 Å². The first-order valence-electron chi connectivity index (χ1n) is 6.18. The first-order chi connectivity index (χ1) is 9.33. The molecule has 3 heteroatoms. The predicted octanol–water partition coefficient (Wildman–Crippen LogP) is 5.19. The van der Waals surface area contributed by atoms with Crippen LogP contribution in [0.5, 0.6) is 0 Å². The molecule has 19 heavy (non-hydrogen) atoms. The van der Waals surface area contributed by atoms with Gasteiger partial charge in [0.05, 0.1) is 22.7 Å². The Morgan fingerprint density at radius 2 is 1.42 bits per heavy atom. The molecule has 4 rings (SSSR count). The van der Waals surface area contributed by atoms with Crippen molar-refractivity contribution in [3.05, 3.63) is 60.7 Å². The smallest absolute Gasteiger partial charge is 0.0823 e. The van der Waals surface area contributed by atoms with E-state index >= 15 is 0 Å². The third-order valence-corrected chi connectivity index (χ3v) is 3.82. The molecule has 1 N–H and O–H groups in total. The fourth-order valence-corrected chi connectivity index (χ4v) is 2.80. The van der Waals surface area contributed by atoms with Gasteiger partial charge in [0.2, 0.25) is 0 Å². The summed E-state index contributed by atoms with van der Waals surface area (Å²) in [7, 11) is 0. The van der Waals surface area contributed by atoms with E-state index in [2.05, 4.69) is 29.6 Å². The summed E-state index contributed by atoms with van der Waals surface area (Å²) in [5.41, 5.74) is 4.03. The van der Waals surface area contributed by atoms with Crippen molar-refractivity contribution in [3.63, 3.8) is 0 Å². The van der Waals surface area contributed by atoms with Gasteiger partial charge in [-0.3, -0.25) is 0 Å². The summed E-state index contributed by atoms with van der Waals surface area (Å²) in [6, 6.07) is 20.6. The number of nitrogens with zero attached hydrogens (tertiary/aromatic N) is 1. The Morgan fingerprint density at radius 3 is 2.26 bits per heavy atom. The Balaban J connectivity index is 1.98. The van der Waals surface area contributed by atoms with E-state index in [0.29, 0.717) is 0 Å². The third kappa shape index (κ3) is 1.57. The third-order valence-electron chi connectivity index (χ3n) is 3.46. The zero-order valence-electron chi connectivity index (χ0n) is 10.1. The molecule has 0 unspecified atom stereocenters. The summed E-state index contributed by atoms with van der Waals surface area (Å²) in [5, 5.41) is 5.83. The van der Waals surface area contributed by atoms with Gasteiger partial charge in [0, 0.05) is 11.8 Å². The number of para-hydroxylation sites is 2. The van der Waals surface area contributed by atoms with Crippen molar-refractivity contribution in [1.29, 1.82) is 0 Å². The average Bonchev–Trinajstić information content (AvgIpc) is 2.46. The van der Waals surface area contributed by atoms with Crippen molar-refractivity contribution >= 4 is 45.3 Å². The molecule has 3 aromatic carbocycles. The van der Waals surface area contributed by atoms with Gasteiger partial charge >= 0.3 is 0 Å². The number of hydrogen-bond acceptors (Lipinski definition) is 2. The van der Waals surface area contributed by atoms with Crippen LogP contribution in [0.3, 0.4) is 0 Å². The van der Waals surface area contributed by atoms with E-state index in [1.165, 1.54) is 10.8 Å². The Kier molecular flexibility index (Phi) is 2.20. The molecule has 0 atom stereocenters. The van der Waals surface area contributed by atoms with Crippen LogP contribution >= 0.6 is 11.8 Å². The number of hydrogen-bond donors (Lipinski definition) is 1. The summed E-state index contributed by atoms with van der Waals surface area (Å²) in [4.78, 5) is 0. The molecule has 3 aromatic rings. The van der Waals surface area contributed by atoms with Gasteiger partial charge in [0.15, 0.2) is 0 Å². The minimum atomic E-state index is 0.979. The normalized spacial score (nSPS) is 12.8. The van der Waals surface area contributed by atoms with Gasteiger partial charge < -0.3 is 5.32 Å². The molecule has 0 radical (unpaired) electrons. The Labute approximate surface area is 116 Å². The number of nitrogens with one attached hydrogen (secondary N) is 1. The van der Waals surface area contributed by atoms with Crippen LogP contribution in [-0.2, 0) is 0 Å². The number of anilines is 4. The molecule has 0 aliphatic carbocycles. The quantitative estimate of drug-likeness (QED) is 0.564. The molecule has 0 spiro atoms. The highest BCUT2D eigenvalue weighted by atomic mass is 35.5. The van der Waals surface area contributed by atoms with Crippen molar-refractivity contribution in [2.75, 3.05) is 9.74 Å². The molecule has 0 bridgehead atoms.